The third kappa shape index (κ3) is 23.8. The molecule has 672 valence electrons. The number of piperidine rings is 4. The quantitative estimate of drug-likeness (QED) is 0.0303. The van der Waals surface area contributed by atoms with Crippen molar-refractivity contribution in [1.29, 1.82) is 0 Å². The Balaban J connectivity index is 0.000000249. The van der Waals surface area contributed by atoms with Gasteiger partial charge in [-0.25, -0.2) is 0 Å². The summed E-state index contributed by atoms with van der Waals surface area (Å²) < 4.78 is 488. The Kier molecular flexibility index (Phi) is 17.7. The molecule has 0 aromatic heterocycles. The van der Waals surface area contributed by atoms with Gasteiger partial charge in [0.1, 0.15) is 48.6 Å². The fourth-order valence-corrected chi connectivity index (χ4v) is 14.3. The van der Waals surface area contributed by atoms with E-state index in [0.29, 0.717) is 0 Å². The van der Waals surface area contributed by atoms with Gasteiger partial charge in [-0.15, -0.1) is 0 Å². The lowest BCUT2D eigenvalue weighted by Gasteiger charge is -2.47. The minimum atomic E-state index is -3.19. The Morgan fingerprint density at radius 3 is 0.725 bits per heavy atom. The van der Waals surface area contributed by atoms with Gasteiger partial charge in [-0.05, 0) is 191 Å². The predicted octanol–water partition coefficient (Wildman–Crippen LogP) is 14.3. The van der Waals surface area contributed by atoms with Crippen molar-refractivity contribution in [2.24, 2.45) is 93.9 Å². The maximum Gasteiger partial charge on any atom is 0.323 e. The van der Waals surface area contributed by atoms with Crippen molar-refractivity contribution < 1.29 is 145 Å². The molecule has 8 aliphatic rings. The van der Waals surface area contributed by atoms with Crippen LogP contribution in [-0.2, 0) is 63.6 Å². The van der Waals surface area contributed by atoms with Crippen LogP contribution < -0.4 is 60.8 Å². The molecule has 120 heavy (non-hydrogen) atoms. The van der Waals surface area contributed by atoms with Crippen molar-refractivity contribution in [2.75, 3.05) is 109 Å². The molecule has 24 heteroatoms. The van der Waals surface area contributed by atoms with Crippen LogP contribution in [0.3, 0.4) is 0 Å². The zero-order chi connectivity index (χ0) is 132. The lowest BCUT2D eigenvalue weighted by atomic mass is 9.79. The number of hydrogen-bond acceptors (Lipinski definition) is 24. The van der Waals surface area contributed by atoms with Gasteiger partial charge in [0.25, 0.3) is 0 Å². The first-order chi connectivity index (χ1) is 76.0. The average molecular weight is 1720 g/mol. The number of carbonyl (C=O) groups is 4. The summed E-state index contributed by atoms with van der Waals surface area (Å²) in [7, 11) is 1.68. The summed E-state index contributed by atoms with van der Waals surface area (Å²) in [6.07, 6.45) is -32.2. The molecule has 24 nitrogen and oxygen atoms in total. The molecular formula is C96H152N8O16. The predicted molar refractivity (Wildman–Crippen MR) is 471 cm³/mol. The second kappa shape index (κ2) is 43.9. The first-order valence-corrected chi connectivity index (χ1v) is 39.3. The molecular weight excluding hydrogens is 1520 g/mol. The number of esters is 4. The van der Waals surface area contributed by atoms with Crippen LogP contribution in [0.4, 0.5) is 0 Å². The van der Waals surface area contributed by atoms with Crippen molar-refractivity contribution >= 4 is 23.9 Å². The highest BCUT2D eigenvalue weighted by molar-refractivity contribution is 5.77. The number of fused-ring (bicyclic) bond motifs is 12. The summed E-state index contributed by atoms with van der Waals surface area (Å²) in [5, 5.41) is 0. The van der Waals surface area contributed by atoms with Crippen molar-refractivity contribution in [3.8, 4) is 46.0 Å². The van der Waals surface area contributed by atoms with Crippen LogP contribution in [0.5, 0.6) is 46.0 Å². The van der Waals surface area contributed by atoms with E-state index in [9.17, 15) is 24.7 Å². The number of rotatable bonds is 28. The highest BCUT2D eigenvalue weighted by Gasteiger charge is 2.47. The molecule has 8 aliphatic heterocycles. The molecule has 16 unspecified atom stereocenters. The van der Waals surface area contributed by atoms with E-state index in [1.165, 1.54) is 66.9 Å². The van der Waals surface area contributed by atoms with Gasteiger partial charge in [0, 0.05) is 180 Å². The van der Waals surface area contributed by atoms with Crippen molar-refractivity contribution in [3.05, 3.63) is 93.0 Å². The zero-order valence-corrected chi connectivity index (χ0v) is 71.1. The molecule has 0 spiro atoms. The Morgan fingerprint density at radius 1 is 0.358 bits per heavy atom. The topological polar surface area (TPSA) is 296 Å². The summed E-state index contributed by atoms with van der Waals surface area (Å²) in [5.74, 6) is -24.2. The second-order valence-electron chi connectivity index (χ2n) is 31.3. The Labute approximate surface area is 789 Å². The molecule has 8 N–H and O–H groups in total. The van der Waals surface area contributed by atoms with E-state index in [1.54, 1.807) is 55.4 Å². The summed E-state index contributed by atoms with van der Waals surface area (Å²) in [5.41, 5.74) is 22.2. The number of benzene rings is 4. The van der Waals surface area contributed by atoms with Gasteiger partial charge in [-0.3, -0.25) is 38.8 Å². The van der Waals surface area contributed by atoms with Gasteiger partial charge in [0.2, 0.25) is 0 Å². The van der Waals surface area contributed by atoms with Crippen molar-refractivity contribution in [1.82, 2.24) is 19.6 Å². The van der Waals surface area contributed by atoms with E-state index in [2.05, 4.69) is 0 Å². The molecule has 0 amide bonds. The smallest absolute Gasteiger partial charge is 0.323 e. The highest BCUT2D eigenvalue weighted by Crippen LogP contribution is 2.50. The number of nitrogens with two attached hydrogens (primary N) is 4. The van der Waals surface area contributed by atoms with E-state index >= 15 is 0 Å². The summed E-state index contributed by atoms with van der Waals surface area (Å²) in [4.78, 5) is 55.2. The summed E-state index contributed by atoms with van der Waals surface area (Å²) >= 11 is 0. The molecule has 0 aliphatic carbocycles. The molecule has 4 aromatic rings. The summed E-state index contributed by atoms with van der Waals surface area (Å²) in [6.45, 7) is -11.3. The minimum Gasteiger partial charge on any atom is -0.493 e. The SMILES string of the molecule is [2H]C([2H])([2H])Oc1cc2c(cc1OC)C1([2H])CC(OC(=O)[C@@H](N)C(C)C)C(C([2H])([2H])C([2H])(C)C([2H])([2H])[2H])CN1C([2H])([2H])C2([2H])[2H].[2H]C([2H])([2H])Oc1cc2c(cc1OC)C1([2H])CC(OC(=O)[C@@H](N)C(C)C)C(C([2H])([2H])C([2H])(C)C([2H])([2H])[2H])CN1C([2H])([2H])C2([2H])[2H].[2H]C12CC(OC(=O)[C@@H](N)C(C)C)C(C([2H])([2H])C([2H])(C)C([2H])([2H])[2H])CN1C([2H])([2H])C([2H])([2H])c1cc(OC)c(OC)cc12.[2H]C12CC(OC(=O)[C@@H](N)C(C)C)C(C([2H])([2H])C([2H])(C)C([2H])([2H])[2H])CN1C([2H])([2H])C([2H])([2H])c1cc(OC)c(OC)cc12. The second-order valence-corrected chi connectivity index (χ2v) is 31.3. The van der Waals surface area contributed by atoms with E-state index in [-0.39, 0.29) is 79.7 Å². The zero-order valence-electron chi connectivity index (χ0n) is 121. The third-order valence-corrected chi connectivity index (χ3v) is 21.3. The Hall–Kier alpha value is -7.16. The normalized spacial score (nSPS) is 39.9. The number of ether oxygens (including phenoxy) is 12. The Bertz CT molecular complexity index is 6000. The highest BCUT2D eigenvalue weighted by atomic mass is 16.6. The van der Waals surface area contributed by atoms with Gasteiger partial charge in [0.15, 0.2) is 46.0 Å². The van der Waals surface area contributed by atoms with Crippen molar-refractivity contribution in [2.45, 2.75) is 260 Å². The van der Waals surface area contributed by atoms with Gasteiger partial charge in [-0.2, -0.15) is 0 Å². The standard InChI is InChI=1S/4C24H38N2O4/c4*1-14(2)9-17-13-26-8-7-16-10-21(28-5)22(29-6)11-18(16)19(26)12-20(17)30-24(27)23(25)15(3)4/h4*10-11,14-15,17,19-20,23H,7-9,12-13,25H2,1-6H3/t4*17?,19?,20?,23-/m0000/s1/i2*1D3,5D3,7D2,8D2,9D2,14D,19D;2*1D3,7D2,8D2,9D2,14D,19D/t4*14?,17?,19?,20?,23-. The summed E-state index contributed by atoms with van der Waals surface area (Å²) in [6, 6.07) is -4.23. The molecule has 8 heterocycles. The van der Waals surface area contributed by atoms with E-state index in [1.807, 2.05) is 0 Å². The van der Waals surface area contributed by atoms with Crippen LogP contribution in [0.1, 0.15) is 299 Å². The molecule has 20 atom stereocenters. The van der Waals surface area contributed by atoms with Crippen LogP contribution in [0.15, 0.2) is 48.5 Å². The average Bonchev–Trinajstić information content (AvgIpc) is 0.690. The lowest BCUT2D eigenvalue weighted by Crippen LogP contribution is -2.51. The number of hydrogen-bond donors (Lipinski definition) is 4. The van der Waals surface area contributed by atoms with Crippen LogP contribution in [0.25, 0.3) is 0 Å². The molecule has 0 radical (unpaired) electrons. The monoisotopic (exact) mass is 1720 g/mol. The van der Waals surface area contributed by atoms with Crippen LogP contribution >= 0.6 is 0 Å². The van der Waals surface area contributed by atoms with Crippen LogP contribution in [-0.4, -0.2) is 201 Å². The van der Waals surface area contributed by atoms with E-state index < -0.39 is 349 Å². The van der Waals surface area contributed by atoms with Gasteiger partial charge in [0.05, 0.1) is 70.4 Å². The van der Waals surface area contributed by atoms with E-state index in [4.69, 9.17) is 143 Å². The van der Waals surface area contributed by atoms with Crippen molar-refractivity contribution in [3.63, 3.8) is 0 Å². The lowest BCUT2D eigenvalue weighted by molar-refractivity contribution is -0.161. The van der Waals surface area contributed by atoms with Crippen LogP contribution in [0.2, 0.25) is 0 Å². The first kappa shape index (κ1) is 48.4. The fraction of sp³-hybridized carbons (Fsp3) is 0.708. The molecule has 4 aromatic carbocycles. The number of carbonyl (C=O) groups excluding carboxylic acids is 4. The number of methoxy groups -OCH3 is 8. The maximum atomic E-state index is 13.1. The molecule has 0 saturated carbocycles. The van der Waals surface area contributed by atoms with Crippen LogP contribution in [0, 0.1) is 70.9 Å². The van der Waals surface area contributed by atoms with Gasteiger partial charge < -0.3 is 79.8 Å². The molecule has 4 fully saturated rings. The largest absolute Gasteiger partial charge is 0.493 e. The first-order valence-electron chi connectivity index (χ1n) is 64.3. The van der Waals surface area contributed by atoms with Gasteiger partial charge >= 0.3 is 23.9 Å². The fourth-order valence-electron chi connectivity index (χ4n) is 14.3. The molecule has 0 bridgehead atoms. The van der Waals surface area contributed by atoms with Gasteiger partial charge in [-0.1, -0.05) is 110 Å². The third-order valence-electron chi connectivity index (χ3n) is 21.3. The maximum absolute atomic E-state index is 13.1. The van der Waals surface area contributed by atoms with E-state index in [0.717, 1.165) is 71.6 Å². The Morgan fingerprint density at radius 2 is 0.550 bits per heavy atom. The molecule has 4 saturated heterocycles. The number of aryl methyl sites for hydroxylation is 4. The minimum absolute atomic E-state index is 0.0204. The number of nitrogens with zero attached hydrogens (tertiary/aromatic N) is 4. The molecule has 12 rings (SSSR count).